The Hall–Kier alpha value is -3.41. The van der Waals surface area contributed by atoms with Crippen LogP contribution in [0, 0.1) is 0 Å². The van der Waals surface area contributed by atoms with Gasteiger partial charge in [-0.15, -0.1) is 0 Å². The van der Waals surface area contributed by atoms with Crippen molar-refractivity contribution in [1.29, 1.82) is 0 Å². The summed E-state index contributed by atoms with van der Waals surface area (Å²) in [4.78, 5) is 20.0. The van der Waals surface area contributed by atoms with Crippen molar-refractivity contribution >= 4 is 11.5 Å². The summed E-state index contributed by atoms with van der Waals surface area (Å²) in [5, 5.41) is 9.11. The van der Waals surface area contributed by atoms with Crippen molar-refractivity contribution in [3.05, 3.63) is 66.2 Å². The molecule has 0 saturated carbocycles. The number of hydrogen-bond acceptors (Lipinski definition) is 5. The molecule has 0 unspecified atom stereocenters. The number of allylic oxidation sites excluding steroid dienone is 4. The molecule has 0 radical (unpaired) electrons. The Morgan fingerprint density at radius 3 is 2.62 bits per heavy atom. The van der Waals surface area contributed by atoms with Crippen molar-refractivity contribution in [2.24, 2.45) is 0 Å². The summed E-state index contributed by atoms with van der Waals surface area (Å²) in [6.07, 6.45) is 9.03. The number of nitrogens with zero attached hydrogens (tertiary/aromatic N) is 2. The fourth-order valence-electron chi connectivity index (χ4n) is 2.61. The zero-order valence-electron chi connectivity index (χ0n) is 14.5. The number of ether oxygens (including phenoxy) is 2. The van der Waals surface area contributed by atoms with Crippen LogP contribution >= 0.6 is 0 Å². The van der Waals surface area contributed by atoms with Crippen molar-refractivity contribution in [1.82, 2.24) is 9.97 Å². The predicted octanol–water partition coefficient (Wildman–Crippen LogP) is 3.52. The van der Waals surface area contributed by atoms with E-state index in [0.29, 0.717) is 23.7 Å². The van der Waals surface area contributed by atoms with E-state index in [2.05, 4.69) is 9.97 Å². The van der Waals surface area contributed by atoms with Crippen LogP contribution in [0.3, 0.4) is 0 Å². The molecule has 1 aliphatic carbocycles. The standard InChI is InChI=1S/C20H18N2O4/c1-25-17-9-8-15(12-18(17)26-2)16-10-11-21-19(22-16)13-4-3-5-14(7-6-13)20(23)24/h4-12H,3H2,1-2H3,(H,23,24). The van der Waals surface area contributed by atoms with Gasteiger partial charge < -0.3 is 14.6 Å². The normalized spacial score (nSPS) is 13.5. The lowest BCUT2D eigenvalue weighted by Crippen LogP contribution is -1.97. The number of benzene rings is 1. The van der Waals surface area contributed by atoms with E-state index in [0.717, 1.165) is 16.8 Å². The van der Waals surface area contributed by atoms with E-state index in [-0.39, 0.29) is 5.57 Å². The third-order valence-corrected chi connectivity index (χ3v) is 3.96. The zero-order chi connectivity index (χ0) is 18.5. The number of rotatable bonds is 5. The highest BCUT2D eigenvalue weighted by Gasteiger charge is 2.11. The molecule has 0 amide bonds. The topological polar surface area (TPSA) is 81.5 Å². The number of carboxylic acid groups (broad SMARTS) is 1. The minimum absolute atomic E-state index is 0.257. The van der Waals surface area contributed by atoms with Gasteiger partial charge >= 0.3 is 5.97 Å². The minimum atomic E-state index is -0.948. The summed E-state index contributed by atoms with van der Waals surface area (Å²) in [7, 11) is 3.17. The molecule has 0 aliphatic heterocycles. The third kappa shape index (κ3) is 3.64. The Morgan fingerprint density at radius 2 is 1.88 bits per heavy atom. The van der Waals surface area contributed by atoms with Gasteiger partial charge in [-0.1, -0.05) is 18.2 Å². The van der Waals surface area contributed by atoms with E-state index in [1.165, 1.54) is 0 Å². The number of aliphatic carboxylic acids is 1. The minimum Gasteiger partial charge on any atom is -0.493 e. The molecule has 0 spiro atoms. The van der Waals surface area contributed by atoms with Gasteiger partial charge in [0.05, 0.1) is 25.5 Å². The van der Waals surface area contributed by atoms with E-state index < -0.39 is 5.97 Å². The average molecular weight is 350 g/mol. The van der Waals surface area contributed by atoms with Gasteiger partial charge in [0.1, 0.15) is 0 Å². The molecule has 1 aromatic heterocycles. The van der Waals surface area contributed by atoms with Crippen LogP contribution in [-0.2, 0) is 4.79 Å². The lowest BCUT2D eigenvalue weighted by atomic mass is 10.1. The van der Waals surface area contributed by atoms with Crippen LogP contribution in [0.1, 0.15) is 12.2 Å². The molecule has 6 nitrogen and oxygen atoms in total. The van der Waals surface area contributed by atoms with Gasteiger partial charge in [-0.05, 0) is 36.8 Å². The van der Waals surface area contributed by atoms with Gasteiger partial charge in [0.2, 0.25) is 0 Å². The van der Waals surface area contributed by atoms with Gasteiger partial charge in [0.15, 0.2) is 17.3 Å². The highest BCUT2D eigenvalue weighted by atomic mass is 16.5. The molecule has 0 saturated heterocycles. The molecule has 1 aliphatic rings. The van der Waals surface area contributed by atoms with Gasteiger partial charge in [0.25, 0.3) is 0 Å². The van der Waals surface area contributed by atoms with Crippen LogP contribution < -0.4 is 9.47 Å². The third-order valence-electron chi connectivity index (χ3n) is 3.96. The quantitative estimate of drug-likeness (QED) is 0.889. The van der Waals surface area contributed by atoms with Gasteiger partial charge in [0, 0.05) is 17.3 Å². The molecule has 26 heavy (non-hydrogen) atoms. The van der Waals surface area contributed by atoms with Gasteiger partial charge in [-0.3, -0.25) is 0 Å². The van der Waals surface area contributed by atoms with Crippen LogP contribution in [0.15, 0.2) is 60.3 Å². The number of carboxylic acids is 1. The van der Waals surface area contributed by atoms with Crippen LogP contribution in [0.25, 0.3) is 16.8 Å². The largest absolute Gasteiger partial charge is 0.493 e. The molecule has 2 aromatic rings. The molecular weight excluding hydrogens is 332 g/mol. The lowest BCUT2D eigenvalue weighted by molar-refractivity contribution is -0.132. The highest BCUT2D eigenvalue weighted by Crippen LogP contribution is 2.32. The van der Waals surface area contributed by atoms with Crippen LogP contribution in [0.5, 0.6) is 11.5 Å². The number of hydrogen-bond donors (Lipinski definition) is 1. The predicted molar refractivity (Wildman–Crippen MR) is 98.0 cm³/mol. The molecular formula is C20H18N2O4. The molecule has 132 valence electrons. The van der Waals surface area contributed by atoms with Gasteiger partial charge in [-0.25, -0.2) is 14.8 Å². The Labute approximate surface area is 151 Å². The molecule has 0 fully saturated rings. The van der Waals surface area contributed by atoms with Crippen LogP contribution in [0.2, 0.25) is 0 Å². The summed E-state index contributed by atoms with van der Waals surface area (Å²) in [6, 6.07) is 7.39. The Kier molecular flexibility index (Phi) is 5.12. The number of carbonyl (C=O) groups is 1. The first kappa shape index (κ1) is 17.4. The first-order valence-electron chi connectivity index (χ1n) is 8.00. The number of methoxy groups -OCH3 is 2. The monoisotopic (exact) mass is 350 g/mol. The molecule has 6 heteroatoms. The van der Waals surface area contributed by atoms with Crippen molar-refractivity contribution in [3.63, 3.8) is 0 Å². The maximum atomic E-state index is 11.1. The van der Waals surface area contributed by atoms with E-state index in [1.807, 2.05) is 30.3 Å². The van der Waals surface area contributed by atoms with E-state index in [9.17, 15) is 4.79 Å². The second-order valence-corrected chi connectivity index (χ2v) is 5.53. The first-order valence-corrected chi connectivity index (χ1v) is 8.00. The van der Waals surface area contributed by atoms with E-state index in [4.69, 9.17) is 14.6 Å². The second-order valence-electron chi connectivity index (χ2n) is 5.53. The molecule has 3 rings (SSSR count). The molecule has 1 heterocycles. The molecule has 0 bridgehead atoms. The Bertz CT molecular complexity index is 929. The summed E-state index contributed by atoms with van der Waals surface area (Å²) < 4.78 is 10.6. The van der Waals surface area contributed by atoms with Crippen LogP contribution in [0.4, 0.5) is 0 Å². The van der Waals surface area contributed by atoms with Crippen molar-refractivity contribution < 1.29 is 19.4 Å². The molecule has 1 N–H and O–H groups in total. The maximum absolute atomic E-state index is 11.1. The number of aromatic nitrogens is 2. The summed E-state index contributed by atoms with van der Waals surface area (Å²) in [6.45, 7) is 0. The SMILES string of the molecule is COc1ccc(-c2ccnc(C3=CCC=C(C(=O)O)C=C3)n2)cc1OC. The van der Waals surface area contributed by atoms with Crippen molar-refractivity contribution in [2.45, 2.75) is 6.42 Å². The fraction of sp³-hybridized carbons (Fsp3) is 0.150. The maximum Gasteiger partial charge on any atom is 0.335 e. The second kappa shape index (κ2) is 7.65. The van der Waals surface area contributed by atoms with E-state index >= 15 is 0 Å². The molecule has 1 aromatic carbocycles. The first-order chi connectivity index (χ1) is 12.6. The Morgan fingerprint density at radius 1 is 1.08 bits per heavy atom. The Balaban J connectivity index is 1.93. The molecule has 0 atom stereocenters. The summed E-state index contributed by atoms with van der Waals surface area (Å²) in [5.41, 5.74) is 2.64. The fourth-order valence-corrected chi connectivity index (χ4v) is 2.61. The summed E-state index contributed by atoms with van der Waals surface area (Å²) in [5.74, 6) is 0.853. The van der Waals surface area contributed by atoms with Gasteiger partial charge in [-0.2, -0.15) is 0 Å². The highest BCUT2D eigenvalue weighted by molar-refractivity contribution is 5.91. The van der Waals surface area contributed by atoms with Crippen molar-refractivity contribution in [3.8, 4) is 22.8 Å². The summed E-state index contributed by atoms with van der Waals surface area (Å²) >= 11 is 0. The lowest BCUT2D eigenvalue weighted by Gasteiger charge is -2.10. The van der Waals surface area contributed by atoms with E-state index in [1.54, 1.807) is 38.6 Å². The average Bonchev–Trinajstić information content (AvgIpc) is 2.94. The van der Waals surface area contributed by atoms with Crippen LogP contribution in [-0.4, -0.2) is 35.3 Å². The van der Waals surface area contributed by atoms with Crippen molar-refractivity contribution in [2.75, 3.05) is 14.2 Å². The smallest absolute Gasteiger partial charge is 0.335 e. The zero-order valence-corrected chi connectivity index (χ0v) is 14.5.